The van der Waals surface area contributed by atoms with Gasteiger partial charge in [-0.25, -0.2) is 0 Å². The van der Waals surface area contributed by atoms with Gasteiger partial charge in [-0.1, -0.05) is 43.5 Å². The second-order valence-electron chi connectivity index (χ2n) is 6.55. The average Bonchev–Trinajstić information content (AvgIpc) is 2.61. The number of hydrogen-bond donors (Lipinski definition) is 0. The number of benzene rings is 2. The second-order valence-corrected chi connectivity index (χ2v) is 6.55. The summed E-state index contributed by atoms with van der Waals surface area (Å²) < 4.78 is 5.42. The fourth-order valence-corrected chi connectivity index (χ4v) is 3.68. The van der Waals surface area contributed by atoms with Crippen LogP contribution in [0.5, 0.6) is 5.75 Å². The highest BCUT2D eigenvalue weighted by atomic mass is 16.5. The van der Waals surface area contributed by atoms with Crippen LogP contribution < -0.4 is 4.74 Å². The number of nitrogens with zero attached hydrogens (tertiary/aromatic N) is 1. The Morgan fingerprint density at radius 1 is 1.09 bits per heavy atom. The molecule has 1 saturated carbocycles. The molecule has 0 unspecified atom stereocenters. The number of methoxy groups -OCH3 is 1. The molecule has 2 aromatic carbocycles. The molecular formula is C20H25NO2. The SMILES string of the molecule is COc1ccc(C(=O)N(C)CC2CCCCC2)c2ccccc12. The lowest BCUT2D eigenvalue weighted by Crippen LogP contribution is -2.32. The van der Waals surface area contributed by atoms with E-state index in [1.807, 2.05) is 48.3 Å². The Hall–Kier alpha value is -2.03. The third kappa shape index (κ3) is 3.34. The topological polar surface area (TPSA) is 29.5 Å². The lowest BCUT2D eigenvalue weighted by molar-refractivity contribution is 0.0762. The molecule has 0 spiro atoms. The van der Waals surface area contributed by atoms with Crippen molar-refractivity contribution in [1.29, 1.82) is 0 Å². The highest BCUT2D eigenvalue weighted by molar-refractivity contribution is 6.08. The predicted octanol–water partition coefficient (Wildman–Crippen LogP) is 4.50. The van der Waals surface area contributed by atoms with Crippen LogP contribution in [0.4, 0.5) is 0 Å². The van der Waals surface area contributed by atoms with Crippen LogP contribution in [0.25, 0.3) is 10.8 Å². The Bertz CT molecular complexity index is 689. The maximum absolute atomic E-state index is 12.9. The van der Waals surface area contributed by atoms with E-state index >= 15 is 0 Å². The molecule has 3 nitrogen and oxygen atoms in total. The molecule has 0 bridgehead atoms. The minimum atomic E-state index is 0.106. The van der Waals surface area contributed by atoms with Crippen LogP contribution in [0.3, 0.4) is 0 Å². The van der Waals surface area contributed by atoms with E-state index in [1.54, 1.807) is 7.11 Å². The van der Waals surface area contributed by atoms with Gasteiger partial charge in [0.05, 0.1) is 7.11 Å². The standard InChI is InChI=1S/C20H25NO2/c1-21(14-15-8-4-3-5-9-15)20(22)18-12-13-19(23-2)17-11-7-6-10-16(17)18/h6-7,10-13,15H,3-5,8-9,14H2,1-2H3. The Kier molecular flexibility index (Phi) is 4.85. The van der Waals surface area contributed by atoms with Crippen molar-refractivity contribution in [2.45, 2.75) is 32.1 Å². The van der Waals surface area contributed by atoms with Crippen molar-refractivity contribution in [2.24, 2.45) is 5.92 Å². The van der Waals surface area contributed by atoms with Gasteiger partial charge in [0.1, 0.15) is 5.75 Å². The number of carbonyl (C=O) groups is 1. The molecule has 0 aromatic heterocycles. The van der Waals surface area contributed by atoms with Crippen molar-refractivity contribution < 1.29 is 9.53 Å². The number of hydrogen-bond acceptors (Lipinski definition) is 2. The molecule has 0 radical (unpaired) electrons. The monoisotopic (exact) mass is 311 g/mol. The number of rotatable bonds is 4. The summed E-state index contributed by atoms with van der Waals surface area (Å²) in [4.78, 5) is 14.8. The van der Waals surface area contributed by atoms with Gasteiger partial charge in [0.15, 0.2) is 0 Å². The zero-order valence-corrected chi connectivity index (χ0v) is 14.0. The summed E-state index contributed by atoms with van der Waals surface area (Å²) in [5.74, 6) is 1.57. The molecular weight excluding hydrogens is 286 g/mol. The van der Waals surface area contributed by atoms with Crippen molar-refractivity contribution in [3.8, 4) is 5.75 Å². The Balaban J connectivity index is 1.85. The fourth-order valence-electron chi connectivity index (χ4n) is 3.68. The number of amides is 1. The molecule has 1 aliphatic carbocycles. The third-order valence-electron chi connectivity index (χ3n) is 4.94. The average molecular weight is 311 g/mol. The molecule has 122 valence electrons. The molecule has 23 heavy (non-hydrogen) atoms. The summed E-state index contributed by atoms with van der Waals surface area (Å²) in [6.45, 7) is 0.860. The van der Waals surface area contributed by atoms with Gasteiger partial charge in [0.2, 0.25) is 0 Å². The zero-order valence-electron chi connectivity index (χ0n) is 14.0. The van der Waals surface area contributed by atoms with Crippen LogP contribution in [-0.2, 0) is 0 Å². The Labute approximate surface area is 138 Å². The van der Waals surface area contributed by atoms with Gasteiger partial charge in [-0.2, -0.15) is 0 Å². The van der Waals surface area contributed by atoms with Gasteiger partial charge in [-0.15, -0.1) is 0 Å². The first kappa shape index (κ1) is 15.9. The second kappa shape index (κ2) is 7.03. The molecule has 2 aromatic rings. The molecule has 1 fully saturated rings. The van der Waals surface area contributed by atoms with E-state index in [4.69, 9.17) is 4.74 Å². The highest BCUT2D eigenvalue weighted by Crippen LogP contribution is 2.30. The van der Waals surface area contributed by atoms with Crippen molar-refractivity contribution in [3.63, 3.8) is 0 Å². The maximum atomic E-state index is 12.9. The molecule has 1 aliphatic rings. The van der Waals surface area contributed by atoms with E-state index in [-0.39, 0.29) is 5.91 Å². The third-order valence-corrected chi connectivity index (χ3v) is 4.94. The van der Waals surface area contributed by atoms with Crippen LogP contribution >= 0.6 is 0 Å². The molecule has 3 heteroatoms. The number of ether oxygens (including phenoxy) is 1. The van der Waals surface area contributed by atoms with Gasteiger partial charge < -0.3 is 9.64 Å². The molecule has 0 heterocycles. The van der Waals surface area contributed by atoms with Crippen molar-refractivity contribution in [2.75, 3.05) is 20.7 Å². The van der Waals surface area contributed by atoms with Gasteiger partial charge in [0, 0.05) is 24.5 Å². The zero-order chi connectivity index (χ0) is 16.2. The molecule has 0 aliphatic heterocycles. The Morgan fingerprint density at radius 2 is 1.78 bits per heavy atom. The minimum Gasteiger partial charge on any atom is -0.496 e. The molecule has 0 atom stereocenters. The van der Waals surface area contributed by atoms with Gasteiger partial charge in [-0.3, -0.25) is 4.79 Å². The first-order valence-corrected chi connectivity index (χ1v) is 8.52. The van der Waals surface area contributed by atoms with E-state index in [0.29, 0.717) is 5.92 Å². The van der Waals surface area contributed by atoms with E-state index in [0.717, 1.165) is 28.6 Å². The summed E-state index contributed by atoms with van der Waals surface area (Å²) >= 11 is 0. The molecule has 0 N–H and O–H groups in total. The number of fused-ring (bicyclic) bond motifs is 1. The van der Waals surface area contributed by atoms with Gasteiger partial charge in [0.25, 0.3) is 5.91 Å². The van der Waals surface area contributed by atoms with Crippen LogP contribution in [0, 0.1) is 5.92 Å². The molecule has 3 rings (SSSR count). The van der Waals surface area contributed by atoms with Crippen LogP contribution in [0.2, 0.25) is 0 Å². The van der Waals surface area contributed by atoms with Crippen LogP contribution in [0.1, 0.15) is 42.5 Å². The highest BCUT2D eigenvalue weighted by Gasteiger charge is 2.21. The van der Waals surface area contributed by atoms with E-state index in [1.165, 1.54) is 32.1 Å². The summed E-state index contributed by atoms with van der Waals surface area (Å²) in [5, 5.41) is 1.96. The van der Waals surface area contributed by atoms with Gasteiger partial charge >= 0.3 is 0 Å². The van der Waals surface area contributed by atoms with Crippen molar-refractivity contribution >= 4 is 16.7 Å². The minimum absolute atomic E-state index is 0.106. The first-order valence-electron chi connectivity index (χ1n) is 8.52. The lowest BCUT2D eigenvalue weighted by atomic mass is 9.89. The van der Waals surface area contributed by atoms with E-state index in [2.05, 4.69) is 0 Å². The van der Waals surface area contributed by atoms with Crippen LogP contribution in [0.15, 0.2) is 36.4 Å². The molecule has 0 saturated heterocycles. The van der Waals surface area contributed by atoms with Crippen LogP contribution in [-0.4, -0.2) is 31.5 Å². The summed E-state index contributed by atoms with van der Waals surface area (Å²) in [6.07, 6.45) is 6.45. The largest absolute Gasteiger partial charge is 0.496 e. The predicted molar refractivity (Wildman–Crippen MR) is 94.0 cm³/mol. The van der Waals surface area contributed by atoms with Gasteiger partial charge in [-0.05, 0) is 36.3 Å². The maximum Gasteiger partial charge on any atom is 0.254 e. The first-order chi connectivity index (χ1) is 11.2. The summed E-state index contributed by atoms with van der Waals surface area (Å²) in [5.41, 5.74) is 0.764. The smallest absolute Gasteiger partial charge is 0.254 e. The summed E-state index contributed by atoms with van der Waals surface area (Å²) in [6, 6.07) is 11.7. The quantitative estimate of drug-likeness (QED) is 0.832. The van der Waals surface area contributed by atoms with E-state index in [9.17, 15) is 4.79 Å². The normalized spacial score (nSPS) is 15.6. The van der Waals surface area contributed by atoms with Crippen molar-refractivity contribution in [1.82, 2.24) is 4.90 Å². The summed E-state index contributed by atoms with van der Waals surface area (Å²) in [7, 11) is 3.59. The fraction of sp³-hybridized carbons (Fsp3) is 0.450. The van der Waals surface area contributed by atoms with E-state index < -0.39 is 0 Å². The number of carbonyl (C=O) groups excluding carboxylic acids is 1. The lowest BCUT2D eigenvalue weighted by Gasteiger charge is -2.27. The Morgan fingerprint density at radius 3 is 2.48 bits per heavy atom. The molecule has 1 amide bonds. The van der Waals surface area contributed by atoms with Crippen molar-refractivity contribution in [3.05, 3.63) is 42.0 Å².